The molecule has 1 N–H and O–H groups in total. The van der Waals surface area contributed by atoms with Gasteiger partial charge in [0.05, 0.1) is 12.8 Å². The lowest BCUT2D eigenvalue weighted by Crippen LogP contribution is -2.18. The molecular formula is C7H10N2O3. The number of hydrogen-bond donors (Lipinski definition) is 1. The summed E-state index contributed by atoms with van der Waals surface area (Å²) in [6.07, 6.45) is 0. The second-order valence-electron chi connectivity index (χ2n) is 2.21. The van der Waals surface area contributed by atoms with E-state index in [1.54, 1.807) is 6.92 Å². The number of hydrogen-bond acceptors (Lipinski definition) is 4. The van der Waals surface area contributed by atoms with Crippen LogP contribution in [0.25, 0.3) is 0 Å². The number of nitrogens with one attached hydrogen (secondary N) is 1. The third-order valence-electron chi connectivity index (χ3n) is 1.47. The molecule has 0 radical (unpaired) electrons. The number of ether oxygens (including phenoxy) is 1. The Labute approximate surface area is 69.7 Å². The fraction of sp³-hybridized carbons (Fsp3) is 0.429. The Balaban J connectivity index is 3.10. The lowest BCUT2D eigenvalue weighted by molar-refractivity contribution is 0.0957. The first kappa shape index (κ1) is 8.58. The van der Waals surface area contributed by atoms with E-state index in [-0.39, 0.29) is 11.9 Å². The number of carbonyl (C=O) groups excluding carboxylic acids is 1. The summed E-state index contributed by atoms with van der Waals surface area (Å²) in [5.74, 6) is -0.113. The van der Waals surface area contributed by atoms with Gasteiger partial charge in [-0.1, -0.05) is 5.16 Å². The van der Waals surface area contributed by atoms with Gasteiger partial charge in [-0.25, -0.2) is 0 Å². The first-order valence-electron chi connectivity index (χ1n) is 3.43. The van der Waals surface area contributed by atoms with Crippen LogP contribution in [-0.2, 0) is 0 Å². The van der Waals surface area contributed by atoms with Crippen LogP contribution in [0.1, 0.15) is 16.1 Å². The van der Waals surface area contributed by atoms with E-state index in [4.69, 9.17) is 9.26 Å². The van der Waals surface area contributed by atoms with Gasteiger partial charge in [-0.15, -0.1) is 0 Å². The van der Waals surface area contributed by atoms with E-state index < -0.39 is 0 Å². The summed E-state index contributed by atoms with van der Waals surface area (Å²) in [6, 6.07) is 0. The van der Waals surface area contributed by atoms with Crippen molar-refractivity contribution in [2.45, 2.75) is 6.92 Å². The van der Waals surface area contributed by atoms with E-state index >= 15 is 0 Å². The van der Waals surface area contributed by atoms with Crippen LogP contribution in [0.5, 0.6) is 5.95 Å². The maximum absolute atomic E-state index is 11.2. The quantitative estimate of drug-likeness (QED) is 0.695. The van der Waals surface area contributed by atoms with Crippen molar-refractivity contribution in [3.63, 3.8) is 0 Å². The van der Waals surface area contributed by atoms with E-state index in [2.05, 4.69) is 10.5 Å². The predicted molar refractivity (Wildman–Crippen MR) is 41.2 cm³/mol. The van der Waals surface area contributed by atoms with Crippen molar-refractivity contribution in [3.05, 3.63) is 11.3 Å². The zero-order valence-electron chi connectivity index (χ0n) is 7.17. The zero-order valence-corrected chi connectivity index (χ0v) is 7.17. The molecule has 0 saturated carbocycles. The molecule has 0 aliphatic heterocycles. The van der Waals surface area contributed by atoms with Gasteiger partial charge >= 0.3 is 5.95 Å². The van der Waals surface area contributed by atoms with Gasteiger partial charge in [-0.3, -0.25) is 4.79 Å². The molecule has 0 aliphatic rings. The third-order valence-corrected chi connectivity index (χ3v) is 1.47. The Kier molecular flexibility index (Phi) is 2.32. The largest absolute Gasteiger partial charge is 0.467 e. The van der Waals surface area contributed by atoms with Crippen LogP contribution in [0.2, 0.25) is 0 Å². The number of amides is 1. The molecule has 1 aromatic rings. The van der Waals surface area contributed by atoms with Gasteiger partial charge in [0.25, 0.3) is 5.91 Å². The average Bonchev–Trinajstić information content (AvgIpc) is 2.45. The van der Waals surface area contributed by atoms with Gasteiger partial charge in [0.15, 0.2) is 0 Å². The van der Waals surface area contributed by atoms with Crippen LogP contribution >= 0.6 is 0 Å². The molecule has 0 saturated heterocycles. The molecule has 0 spiro atoms. The summed E-state index contributed by atoms with van der Waals surface area (Å²) in [7, 11) is 2.96. The van der Waals surface area contributed by atoms with Gasteiger partial charge in [-0.2, -0.15) is 0 Å². The van der Waals surface area contributed by atoms with E-state index in [0.29, 0.717) is 11.3 Å². The Hall–Kier alpha value is -1.52. The van der Waals surface area contributed by atoms with Gasteiger partial charge in [0.2, 0.25) is 0 Å². The molecule has 0 bridgehead atoms. The minimum atomic E-state index is -0.259. The summed E-state index contributed by atoms with van der Waals surface area (Å²) in [4.78, 5) is 11.2. The normalized spacial score (nSPS) is 9.58. The van der Waals surface area contributed by atoms with Crippen LogP contribution in [0.4, 0.5) is 0 Å². The van der Waals surface area contributed by atoms with Crippen molar-refractivity contribution in [1.82, 2.24) is 10.5 Å². The molecule has 0 aromatic carbocycles. The highest BCUT2D eigenvalue weighted by Gasteiger charge is 2.19. The molecule has 1 aromatic heterocycles. The zero-order chi connectivity index (χ0) is 9.14. The molecule has 1 rings (SSSR count). The number of aromatic nitrogens is 1. The second-order valence-corrected chi connectivity index (χ2v) is 2.21. The molecule has 1 amide bonds. The van der Waals surface area contributed by atoms with Crippen molar-refractivity contribution in [1.29, 1.82) is 0 Å². The standard InChI is InChI=1S/C7H10N2O3/c1-4-5(6(10)8-2)7(11-3)12-9-4/h1-3H3,(H,8,10). The van der Waals surface area contributed by atoms with E-state index in [1.165, 1.54) is 14.2 Å². The molecule has 0 atom stereocenters. The highest BCUT2D eigenvalue weighted by atomic mass is 16.6. The molecule has 1 heterocycles. The van der Waals surface area contributed by atoms with Gasteiger partial charge in [0, 0.05) is 7.05 Å². The smallest absolute Gasteiger partial charge is 0.324 e. The first-order chi connectivity index (χ1) is 5.70. The lowest BCUT2D eigenvalue weighted by Gasteiger charge is -1.97. The summed E-state index contributed by atoms with van der Waals surface area (Å²) in [5.41, 5.74) is 0.867. The third kappa shape index (κ3) is 1.25. The van der Waals surface area contributed by atoms with E-state index in [9.17, 15) is 4.79 Å². The maximum Gasteiger partial charge on any atom is 0.324 e. The van der Waals surface area contributed by atoms with E-state index in [0.717, 1.165) is 0 Å². The fourth-order valence-electron chi connectivity index (χ4n) is 0.870. The summed E-state index contributed by atoms with van der Waals surface area (Å²) < 4.78 is 9.53. The number of nitrogens with zero attached hydrogens (tertiary/aromatic N) is 1. The first-order valence-corrected chi connectivity index (χ1v) is 3.43. The molecular weight excluding hydrogens is 160 g/mol. The Bertz CT molecular complexity index is 293. The number of methoxy groups -OCH3 is 1. The molecule has 0 aliphatic carbocycles. The van der Waals surface area contributed by atoms with Crippen LogP contribution in [0.3, 0.4) is 0 Å². The monoisotopic (exact) mass is 170 g/mol. The van der Waals surface area contributed by atoms with Crippen LogP contribution in [0, 0.1) is 6.92 Å². The van der Waals surface area contributed by atoms with E-state index in [1.807, 2.05) is 0 Å². The van der Waals surface area contributed by atoms with Gasteiger partial charge < -0.3 is 14.6 Å². The number of aryl methyl sites for hydroxylation is 1. The van der Waals surface area contributed by atoms with Gasteiger partial charge in [-0.05, 0) is 6.92 Å². The van der Waals surface area contributed by atoms with Crippen LogP contribution in [-0.4, -0.2) is 25.2 Å². The van der Waals surface area contributed by atoms with Crippen molar-refractivity contribution in [3.8, 4) is 5.95 Å². The average molecular weight is 170 g/mol. The maximum atomic E-state index is 11.2. The van der Waals surface area contributed by atoms with Crippen LogP contribution in [0.15, 0.2) is 4.52 Å². The second kappa shape index (κ2) is 3.25. The lowest BCUT2D eigenvalue weighted by atomic mass is 10.2. The molecule has 66 valence electrons. The van der Waals surface area contributed by atoms with Crippen molar-refractivity contribution < 1.29 is 14.1 Å². The van der Waals surface area contributed by atoms with Crippen molar-refractivity contribution in [2.24, 2.45) is 0 Å². The molecule has 12 heavy (non-hydrogen) atoms. The molecule has 0 unspecified atom stereocenters. The Morgan fingerprint density at radius 3 is 2.83 bits per heavy atom. The number of rotatable bonds is 2. The Morgan fingerprint density at radius 2 is 2.33 bits per heavy atom. The molecule has 0 fully saturated rings. The number of carbonyl (C=O) groups is 1. The fourth-order valence-corrected chi connectivity index (χ4v) is 0.870. The minimum Gasteiger partial charge on any atom is -0.467 e. The Morgan fingerprint density at radius 1 is 1.67 bits per heavy atom. The SMILES string of the molecule is CNC(=O)c1c(C)noc1OC. The summed E-state index contributed by atoms with van der Waals surface area (Å²) in [6.45, 7) is 1.68. The minimum absolute atomic E-state index is 0.145. The highest BCUT2D eigenvalue weighted by Crippen LogP contribution is 2.20. The van der Waals surface area contributed by atoms with Gasteiger partial charge in [0.1, 0.15) is 5.56 Å². The summed E-state index contributed by atoms with van der Waals surface area (Å²) >= 11 is 0. The molecule has 5 heteroatoms. The van der Waals surface area contributed by atoms with Crippen LogP contribution < -0.4 is 10.1 Å². The predicted octanol–water partition coefficient (Wildman–Crippen LogP) is 0.351. The van der Waals surface area contributed by atoms with Crippen molar-refractivity contribution >= 4 is 5.91 Å². The summed E-state index contributed by atoms with van der Waals surface area (Å²) in [5, 5.41) is 6.06. The highest BCUT2D eigenvalue weighted by molar-refractivity contribution is 5.96. The van der Waals surface area contributed by atoms with Crippen molar-refractivity contribution in [2.75, 3.05) is 14.2 Å². The topological polar surface area (TPSA) is 64.4 Å². The molecule has 5 nitrogen and oxygen atoms in total.